The highest BCUT2D eigenvalue weighted by molar-refractivity contribution is 4.67. The highest BCUT2D eigenvalue weighted by Crippen LogP contribution is 2.10. The van der Waals surface area contributed by atoms with E-state index in [9.17, 15) is 0 Å². The molecule has 0 heterocycles. The van der Waals surface area contributed by atoms with E-state index < -0.39 is 0 Å². The summed E-state index contributed by atoms with van der Waals surface area (Å²) in [6.07, 6.45) is 5.13. The first kappa shape index (κ1) is 16.9. The molecule has 0 rings (SSSR count). The summed E-state index contributed by atoms with van der Waals surface area (Å²) in [5, 5.41) is 3.55. The molecule has 0 saturated carbocycles. The Hall–Kier alpha value is -0.0800. The van der Waals surface area contributed by atoms with Gasteiger partial charge in [-0.2, -0.15) is 0 Å². The molecule has 1 N–H and O–H groups in total. The second-order valence-electron chi connectivity index (χ2n) is 5.96. The van der Waals surface area contributed by atoms with Crippen molar-refractivity contribution in [1.82, 2.24) is 10.2 Å². The van der Waals surface area contributed by atoms with Crippen LogP contribution in [0.3, 0.4) is 0 Å². The van der Waals surface area contributed by atoms with E-state index >= 15 is 0 Å². The van der Waals surface area contributed by atoms with Crippen LogP contribution in [0.25, 0.3) is 0 Å². The van der Waals surface area contributed by atoms with Crippen LogP contribution in [0.1, 0.15) is 60.3 Å². The van der Waals surface area contributed by atoms with Crippen LogP contribution in [0.5, 0.6) is 0 Å². The first-order valence-corrected chi connectivity index (χ1v) is 7.41. The lowest BCUT2D eigenvalue weighted by molar-refractivity contribution is 0.222. The van der Waals surface area contributed by atoms with Crippen LogP contribution in [0.4, 0.5) is 0 Å². The largest absolute Gasteiger partial charge is 0.314 e. The minimum atomic E-state index is 0.670. The van der Waals surface area contributed by atoms with E-state index in [4.69, 9.17) is 0 Å². The minimum Gasteiger partial charge on any atom is -0.314 e. The SMILES string of the molecule is CCCNC(C)CCCN(C)C(C)CC(C)C. The van der Waals surface area contributed by atoms with E-state index in [2.05, 4.69) is 51.9 Å². The maximum absolute atomic E-state index is 3.55. The summed E-state index contributed by atoms with van der Waals surface area (Å²) in [5.74, 6) is 0.803. The fraction of sp³-hybridized carbons (Fsp3) is 1.00. The Morgan fingerprint density at radius 2 is 1.76 bits per heavy atom. The Bertz CT molecular complexity index is 168. The zero-order valence-electron chi connectivity index (χ0n) is 12.9. The molecule has 0 saturated heterocycles. The van der Waals surface area contributed by atoms with Gasteiger partial charge in [0.25, 0.3) is 0 Å². The van der Waals surface area contributed by atoms with Gasteiger partial charge in [0, 0.05) is 12.1 Å². The van der Waals surface area contributed by atoms with Crippen LogP contribution in [0, 0.1) is 5.92 Å². The molecule has 0 amide bonds. The molecule has 0 aromatic rings. The van der Waals surface area contributed by atoms with Crippen molar-refractivity contribution in [3.63, 3.8) is 0 Å². The van der Waals surface area contributed by atoms with Gasteiger partial charge < -0.3 is 10.2 Å². The molecule has 17 heavy (non-hydrogen) atoms. The molecule has 2 nitrogen and oxygen atoms in total. The topological polar surface area (TPSA) is 15.3 Å². The molecule has 0 fully saturated rings. The molecule has 0 bridgehead atoms. The molecule has 2 atom stereocenters. The third kappa shape index (κ3) is 9.61. The van der Waals surface area contributed by atoms with Gasteiger partial charge in [0.15, 0.2) is 0 Å². The molecule has 2 unspecified atom stereocenters. The normalized spacial score (nSPS) is 15.5. The number of nitrogens with zero attached hydrogens (tertiary/aromatic N) is 1. The van der Waals surface area contributed by atoms with Crippen molar-refractivity contribution in [3.05, 3.63) is 0 Å². The summed E-state index contributed by atoms with van der Waals surface area (Å²) in [4.78, 5) is 2.51. The average Bonchev–Trinajstić information content (AvgIpc) is 2.25. The highest BCUT2D eigenvalue weighted by atomic mass is 15.1. The molecule has 0 radical (unpaired) electrons. The lowest BCUT2D eigenvalue weighted by Gasteiger charge is -2.26. The summed E-state index contributed by atoms with van der Waals surface area (Å²) in [6, 6.07) is 1.39. The van der Waals surface area contributed by atoms with Gasteiger partial charge in [-0.3, -0.25) is 0 Å². The Morgan fingerprint density at radius 1 is 1.12 bits per heavy atom. The fourth-order valence-electron chi connectivity index (χ4n) is 2.22. The van der Waals surface area contributed by atoms with Crippen molar-refractivity contribution in [2.24, 2.45) is 5.92 Å². The maximum atomic E-state index is 3.55. The standard InChI is InChI=1S/C15H34N2/c1-7-10-16-14(4)9-8-11-17(6)15(5)12-13(2)3/h13-16H,7-12H2,1-6H3. The average molecular weight is 242 g/mol. The molecule has 2 heteroatoms. The lowest BCUT2D eigenvalue weighted by Crippen LogP contribution is -2.32. The van der Waals surface area contributed by atoms with Gasteiger partial charge in [-0.15, -0.1) is 0 Å². The second-order valence-corrected chi connectivity index (χ2v) is 5.96. The van der Waals surface area contributed by atoms with Crippen molar-refractivity contribution in [1.29, 1.82) is 0 Å². The van der Waals surface area contributed by atoms with Gasteiger partial charge in [-0.25, -0.2) is 0 Å². The van der Waals surface area contributed by atoms with E-state index in [0.717, 1.165) is 12.5 Å². The van der Waals surface area contributed by atoms with Crippen LogP contribution < -0.4 is 5.32 Å². The number of nitrogens with one attached hydrogen (secondary N) is 1. The Kier molecular flexibility index (Phi) is 9.85. The third-order valence-electron chi connectivity index (χ3n) is 3.46. The number of hydrogen-bond acceptors (Lipinski definition) is 2. The van der Waals surface area contributed by atoms with E-state index in [1.54, 1.807) is 0 Å². The first-order valence-electron chi connectivity index (χ1n) is 7.41. The summed E-state index contributed by atoms with van der Waals surface area (Å²) in [6.45, 7) is 13.9. The molecule has 0 aliphatic heterocycles. The highest BCUT2D eigenvalue weighted by Gasteiger charge is 2.10. The van der Waals surface area contributed by atoms with Gasteiger partial charge in [0.05, 0.1) is 0 Å². The van der Waals surface area contributed by atoms with Crippen molar-refractivity contribution < 1.29 is 0 Å². The summed E-state index contributed by atoms with van der Waals surface area (Å²) < 4.78 is 0. The molecular weight excluding hydrogens is 208 g/mol. The van der Waals surface area contributed by atoms with Gasteiger partial charge in [0.2, 0.25) is 0 Å². The summed E-state index contributed by atoms with van der Waals surface area (Å²) >= 11 is 0. The predicted octanol–water partition coefficient (Wildman–Crippen LogP) is 3.52. The van der Waals surface area contributed by atoms with Crippen molar-refractivity contribution in [2.45, 2.75) is 72.4 Å². The summed E-state index contributed by atoms with van der Waals surface area (Å²) in [5.41, 5.74) is 0. The monoisotopic (exact) mass is 242 g/mol. The van der Waals surface area contributed by atoms with Crippen LogP contribution in [0.15, 0.2) is 0 Å². The Morgan fingerprint density at radius 3 is 2.29 bits per heavy atom. The Labute approximate surface area is 109 Å². The van der Waals surface area contributed by atoms with Crippen LogP contribution >= 0.6 is 0 Å². The second kappa shape index (κ2) is 9.90. The van der Waals surface area contributed by atoms with Crippen molar-refractivity contribution in [3.8, 4) is 0 Å². The van der Waals surface area contributed by atoms with E-state index in [1.165, 1.54) is 32.2 Å². The third-order valence-corrected chi connectivity index (χ3v) is 3.46. The van der Waals surface area contributed by atoms with E-state index in [0.29, 0.717) is 12.1 Å². The van der Waals surface area contributed by atoms with Crippen molar-refractivity contribution in [2.75, 3.05) is 20.1 Å². The van der Waals surface area contributed by atoms with E-state index in [-0.39, 0.29) is 0 Å². The molecule has 0 aliphatic carbocycles. The quantitative estimate of drug-likeness (QED) is 0.630. The summed E-state index contributed by atoms with van der Waals surface area (Å²) in [7, 11) is 2.26. The maximum Gasteiger partial charge on any atom is 0.00663 e. The first-order chi connectivity index (χ1) is 7.97. The molecule has 0 aromatic heterocycles. The zero-order valence-corrected chi connectivity index (χ0v) is 12.9. The predicted molar refractivity (Wildman–Crippen MR) is 78.5 cm³/mol. The fourth-order valence-corrected chi connectivity index (χ4v) is 2.22. The molecule has 104 valence electrons. The molecule has 0 spiro atoms. The van der Waals surface area contributed by atoms with Gasteiger partial charge in [-0.05, 0) is 65.6 Å². The minimum absolute atomic E-state index is 0.670. The Balaban J connectivity index is 3.59. The smallest absolute Gasteiger partial charge is 0.00663 e. The molecular formula is C15H34N2. The van der Waals surface area contributed by atoms with Gasteiger partial charge in [0.1, 0.15) is 0 Å². The van der Waals surface area contributed by atoms with Crippen molar-refractivity contribution >= 4 is 0 Å². The molecule has 0 aliphatic rings. The van der Waals surface area contributed by atoms with Gasteiger partial charge in [-0.1, -0.05) is 20.8 Å². The number of rotatable bonds is 10. The molecule has 0 aromatic carbocycles. The van der Waals surface area contributed by atoms with Crippen LogP contribution in [-0.2, 0) is 0 Å². The number of hydrogen-bond donors (Lipinski definition) is 1. The zero-order chi connectivity index (χ0) is 13.3. The lowest BCUT2D eigenvalue weighted by atomic mass is 10.0. The van der Waals surface area contributed by atoms with E-state index in [1.807, 2.05) is 0 Å². The van der Waals surface area contributed by atoms with Crippen LogP contribution in [-0.4, -0.2) is 37.1 Å². The van der Waals surface area contributed by atoms with Gasteiger partial charge >= 0.3 is 0 Å². The van der Waals surface area contributed by atoms with Crippen LogP contribution in [0.2, 0.25) is 0 Å².